The smallest absolute Gasteiger partial charge is 0.193 e. The molecule has 0 aliphatic carbocycles. The maximum atomic E-state index is 4.84. The van der Waals surface area contributed by atoms with Crippen molar-refractivity contribution in [2.45, 2.75) is 25.8 Å². The molecule has 1 aromatic heterocycles. The van der Waals surface area contributed by atoms with E-state index in [1.807, 2.05) is 6.08 Å². The summed E-state index contributed by atoms with van der Waals surface area (Å²) in [6.07, 6.45) is 4.11. The predicted octanol–water partition coefficient (Wildman–Crippen LogP) is 3.83. The van der Waals surface area contributed by atoms with E-state index in [4.69, 9.17) is 4.99 Å². The molecule has 1 unspecified atom stereocenters. The number of likely N-dealkylation sites (N-methyl/N-ethyl adjacent to an activating group) is 1. The van der Waals surface area contributed by atoms with Crippen molar-refractivity contribution in [3.05, 3.63) is 35.0 Å². The van der Waals surface area contributed by atoms with Crippen LogP contribution in [-0.4, -0.2) is 56.5 Å². The second kappa shape index (κ2) is 12.8. The molecule has 0 saturated carbocycles. The Morgan fingerprint density at radius 1 is 1.43 bits per heavy atom. The molecule has 6 heteroatoms. The average molecular weight is 450 g/mol. The highest BCUT2D eigenvalue weighted by molar-refractivity contribution is 14.0. The van der Waals surface area contributed by atoms with E-state index in [0.29, 0.717) is 6.04 Å². The average Bonchev–Trinajstić information content (AvgIpc) is 3.00. The Bertz CT molecular complexity index is 445. The number of aliphatic imine (C=N–C) groups is 1. The van der Waals surface area contributed by atoms with Crippen molar-refractivity contribution < 1.29 is 0 Å². The minimum absolute atomic E-state index is 0. The SMILES string of the molecule is C=CCCCN(C)C(=NCC(c1cccs1)N(C)C)NCC.I. The molecule has 132 valence electrons. The van der Waals surface area contributed by atoms with Crippen molar-refractivity contribution in [2.75, 3.05) is 40.8 Å². The molecule has 0 aliphatic heterocycles. The van der Waals surface area contributed by atoms with Gasteiger partial charge in [0.2, 0.25) is 0 Å². The number of hydrogen-bond acceptors (Lipinski definition) is 3. The molecule has 0 spiro atoms. The van der Waals surface area contributed by atoms with Crippen LogP contribution in [0.4, 0.5) is 0 Å². The lowest BCUT2D eigenvalue weighted by Crippen LogP contribution is -2.40. The first-order valence-corrected chi connectivity index (χ1v) is 8.78. The fraction of sp³-hybridized carbons (Fsp3) is 0.588. The number of guanidine groups is 1. The molecule has 0 aromatic carbocycles. The first-order chi connectivity index (χ1) is 10.6. The van der Waals surface area contributed by atoms with E-state index in [-0.39, 0.29) is 24.0 Å². The summed E-state index contributed by atoms with van der Waals surface area (Å²) in [6.45, 7) is 8.52. The van der Waals surface area contributed by atoms with Gasteiger partial charge in [-0.25, -0.2) is 0 Å². The minimum atomic E-state index is 0. The molecule has 0 saturated heterocycles. The summed E-state index contributed by atoms with van der Waals surface area (Å²) >= 11 is 1.79. The Morgan fingerprint density at radius 2 is 2.17 bits per heavy atom. The highest BCUT2D eigenvalue weighted by Gasteiger charge is 2.15. The van der Waals surface area contributed by atoms with E-state index in [9.17, 15) is 0 Å². The molecule has 4 nitrogen and oxygen atoms in total. The van der Waals surface area contributed by atoms with Crippen LogP contribution in [0.15, 0.2) is 35.2 Å². The van der Waals surface area contributed by atoms with E-state index in [0.717, 1.165) is 38.4 Å². The Labute approximate surface area is 162 Å². The van der Waals surface area contributed by atoms with Crippen LogP contribution < -0.4 is 5.32 Å². The van der Waals surface area contributed by atoms with Gasteiger partial charge in [0.05, 0.1) is 12.6 Å². The van der Waals surface area contributed by atoms with Crippen LogP contribution in [0.1, 0.15) is 30.7 Å². The largest absolute Gasteiger partial charge is 0.357 e. The van der Waals surface area contributed by atoms with Gasteiger partial charge in [0.25, 0.3) is 0 Å². The van der Waals surface area contributed by atoms with E-state index in [1.54, 1.807) is 11.3 Å². The summed E-state index contributed by atoms with van der Waals surface area (Å²) in [5.74, 6) is 0.981. The lowest BCUT2D eigenvalue weighted by atomic mass is 10.2. The van der Waals surface area contributed by atoms with E-state index in [1.165, 1.54) is 4.88 Å². The molecule has 1 rings (SSSR count). The third-order valence-corrected chi connectivity index (χ3v) is 4.48. The summed E-state index contributed by atoms with van der Waals surface area (Å²) < 4.78 is 0. The van der Waals surface area contributed by atoms with Gasteiger partial charge in [0.15, 0.2) is 5.96 Å². The first-order valence-electron chi connectivity index (χ1n) is 7.90. The van der Waals surface area contributed by atoms with E-state index >= 15 is 0 Å². The van der Waals surface area contributed by atoms with Crippen LogP contribution in [-0.2, 0) is 0 Å². The molecule has 1 aromatic rings. The normalized spacial score (nSPS) is 12.7. The summed E-state index contributed by atoms with van der Waals surface area (Å²) in [5, 5.41) is 5.51. The Kier molecular flexibility index (Phi) is 12.4. The minimum Gasteiger partial charge on any atom is -0.357 e. The van der Waals surface area contributed by atoms with Gasteiger partial charge in [0.1, 0.15) is 0 Å². The number of allylic oxidation sites excluding steroid dienone is 1. The van der Waals surface area contributed by atoms with Gasteiger partial charge in [-0.2, -0.15) is 0 Å². The van der Waals surface area contributed by atoms with Gasteiger partial charge in [-0.15, -0.1) is 41.9 Å². The third kappa shape index (κ3) is 8.17. The summed E-state index contributed by atoms with van der Waals surface area (Å²) in [7, 11) is 6.32. The van der Waals surface area contributed by atoms with Crippen LogP contribution >= 0.6 is 35.3 Å². The Hall–Kier alpha value is -0.600. The van der Waals surface area contributed by atoms with Crippen molar-refractivity contribution in [2.24, 2.45) is 4.99 Å². The molecule has 0 aliphatic rings. The molecule has 0 radical (unpaired) electrons. The van der Waals surface area contributed by atoms with Crippen LogP contribution in [0.3, 0.4) is 0 Å². The number of hydrogen-bond donors (Lipinski definition) is 1. The molecule has 0 fully saturated rings. The van der Waals surface area contributed by atoms with Gasteiger partial charge in [-0.1, -0.05) is 12.1 Å². The predicted molar refractivity (Wildman–Crippen MR) is 114 cm³/mol. The number of rotatable bonds is 9. The zero-order chi connectivity index (χ0) is 16.4. The highest BCUT2D eigenvalue weighted by atomic mass is 127. The molecule has 1 heterocycles. The van der Waals surface area contributed by atoms with Crippen molar-refractivity contribution in [1.29, 1.82) is 0 Å². The first kappa shape index (κ1) is 22.4. The second-order valence-electron chi connectivity index (χ2n) is 5.54. The zero-order valence-corrected chi connectivity index (χ0v) is 17.9. The van der Waals surface area contributed by atoms with Crippen LogP contribution in [0, 0.1) is 0 Å². The van der Waals surface area contributed by atoms with Gasteiger partial charge in [0, 0.05) is 25.0 Å². The van der Waals surface area contributed by atoms with Crippen LogP contribution in [0.5, 0.6) is 0 Å². The van der Waals surface area contributed by atoms with Gasteiger partial charge in [-0.3, -0.25) is 4.99 Å². The molecule has 1 N–H and O–H groups in total. The second-order valence-corrected chi connectivity index (χ2v) is 6.52. The molecular formula is C17H31IN4S. The van der Waals surface area contributed by atoms with Gasteiger partial charge >= 0.3 is 0 Å². The van der Waals surface area contributed by atoms with Gasteiger partial charge < -0.3 is 15.1 Å². The molecular weight excluding hydrogens is 419 g/mol. The van der Waals surface area contributed by atoms with E-state index in [2.05, 4.69) is 67.3 Å². The van der Waals surface area contributed by atoms with Crippen molar-refractivity contribution in [3.8, 4) is 0 Å². The highest BCUT2D eigenvalue weighted by Crippen LogP contribution is 2.23. The molecule has 0 bridgehead atoms. The van der Waals surface area contributed by atoms with Gasteiger partial charge in [-0.05, 0) is 45.3 Å². The van der Waals surface area contributed by atoms with Crippen LogP contribution in [0.25, 0.3) is 0 Å². The van der Waals surface area contributed by atoms with E-state index < -0.39 is 0 Å². The number of halogens is 1. The summed E-state index contributed by atoms with van der Waals surface area (Å²) in [5.41, 5.74) is 0. The summed E-state index contributed by atoms with van der Waals surface area (Å²) in [6, 6.07) is 4.62. The lowest BCUT2D eigenvalue weighted by Gasteiger charge is -2.25. The van der Waals surface area contributed by atoms with Crippen molar-refractivity contribution in [1.82, 2.24) is 15.1 Å². The standard InChI is InChI=1S/C17H30N4S.HI/c1-6-8-9-12-21(5)17(18-7-2)19-14-15(20(3)4)16-11-10-13-22-16;/h6,10-11,13,15H,1,7-9,12,14H2,2-5H3,(H,18,19);1H. The topological polar surface area (TPSA) is 30.9 Å². The maximum absolute atomic E-state index is 4.84. The number of unbranched alkanes of at least 4 members (excludes halogenated alkanes) is 1. The third-order valence-electron chi connectivity index (χ3n) is 3.51. The number of nitrogens with one attached hydrogen (secondary N) is 1. The molecule has 1 atom stereocenters. The molecule has 23 heavy (non-hydrogen) atoms. The Balaban J connectivity index is 0.00000484. The lowest BCUT2D eigenvalue weighted by molar-refractivity contribution is 0.309. The summed E-state index contributed by atoms with van der Waals surface area (Å²) in [4.78, 5) is 10.6. The van der Waals surface area contributed by atoms with Crippen LogP contribution in [0.2, 0.25) is 0 Å². The fourth-order valence-electron chi connectivity index (χ4n) is 2.21. The van der Waals surface area contributed by atoms with Crippen molar-refractivity contribution in [3.63, 3.8) is 0 Å². The molecule has 0 amide bonds. The zero-order valence-electron chi connectivity index (χ0n) is 14.8. The van der Waals surface area contributed by atoms with Crippen molar-refractivity contribution >= 4 is 41.3 Å². The number of thiophene rings is 1. The fourth-order valence-corrected chi connectivity index (χ4v) is 3.12. The Morgan fingerprint density at radius 3 is 2.70 bits per heavy atom. The number of nitrogens with zero attached hydrogens (tertiary/aromatic N) is 3. The maximum Gasteiger partial charge on any atom is 0.193 e. The quantitative estimate of drug-likeness (QED) is 0.204. The monoisotopic (exact) mass is 450 g/mol.